The Balaban J connectivity index is 2.58. The van der Waals surface area contributed by atoms with Crippen LogP contribution in [0.5, 0.6) is 11.5 Å². The molecule has 19 heavy (non-hydrogen) atoms. The molecule has 108 valence electrons. The summed E-state index contributed by atoms with van der Waals surface area (Å²) in [7, 11) is 0. The first kappa shape index (κ1) is 15.7. The van der Waals surface area contributed by atoms with Crippen molar-refractivity contribution in [2.24, 2.45) is 5.92 Å². The van der Waals surface area contributed by atoms with Crippen LogP contribution in [-0.4, -0.2) is 13.2 Å². The molecule has 0 saturated heterocycles. The average Bonchev–Trinajstić information content (AvgIpc) is 2.43. The Bertz CT molecular complexity index is 366. The maximum absolute atomic E-state index is 6.05. The molecule has 0 aliphatic rings. The van der Waals surface area contributed by atoms with Crippen LogP contribution >= 0.6 is 0 Å². The summed E-state index contributed by atoms with van der Waals surface area (Å²) in [4.78, 5) is 0. The molecule has 0 aliphatic heterocycles. The van der Waals surface area contributed by atoms with E-state index in [1.165, 1.54) is 19.3 Å². The first-order chi connectivity index (χ1) is 9.22. The molecule has 1 aromatic rings. The maximum Gasteiger partial charge on any atom is 0.146 e. The highest BCUT2D eigenvalue weighted by Gasteiger charge is 2.10. The van der Waals surface area contributed by atoms with Crippen LogP contribution in [0.15, 0.2) is 18.2 Å². The number of nitrogens with two attached hydrogens (primary N) is 1. The summed E-state index contributed by atoms with van der Waals surface area (Å²) in [6.45, 7) is 7.73. The Morgan fingerprint density at radius 1 is 1.11 bits per heavy atom. The van der Waals surface area contributed by atoms with Crippen LogP contribution in [0.1, 0.15) is 46.5 Å². The second-order valence-electron chi connectivity index (χ2n) is 4.83. The van der Waals surface area contributed by atoms with Crippen molar-refractivity contribution in [2.75, 3.05) is 18.9 Å². The summed E-state index contributed by atoms with van der Waals surface area (Å²) in [5.41, 5.74) is 6.65. The molecule has 0 heterocycles. The Labute approximate surface area is 117 Å². The Morgan fingerprint density at radius 2 is 1.79 bits per heavy atom. The first-order valence-electron chi connectivity index (χ1n) is 7.36. The topological polar surface area (TPSA) is 44.5 Å². The molecule has 0 aliphatic carbocycles. The minimum Gasteiger partial charge on any atom is -0.492 e. The summed E-state index contributed by atoms with van der Waals surface area (Å²) in [6, 6.07) is 5.70. The van der Waals surface area contributed by atoms with E-state index in [2.05, 4.69) is 13.8 Å². The molecule has 0 bridgehead atoms. The molecule has 0 fully saturated rings. The third-order valence-corrected chi connectivity index (χ3v) is 3.34. The number of rotatable bonds is 9. The molecule has 0 saturated carbocycles. The van der Waals surface area contributed by atoms with Gasteiger partial charge in [0.2, 0.25) is 0 Å². The summed E-state index contributed by atoms with van der Waals surface area (Å²) in [5.74, 6) is 2.05. The van der Waals surface area contributed by atoms with E-state index in [9.17, 15) is 0 Å². The number of hydrogen-bond donors (Lipinski definition) is 1. The second kappa shape index (κ2) is 8.68. The van der Waals surface area contributed by atoms with E-state index >= 15 is 0 Å². The Kier molecular flexibility index (Phi) is 7.16. The highest BCUT2D eigenvalue weighted by Crippen LogP contribution is 2.31. The van der Waals surface area contributed by atoms with Gasteiger partial charge in [0.05, 0.1) is 13.2 Å². The van der Waals surface area contributed by atoms with Crippen molar-refractivity contribution in [2.45, 2.75) is 46.5 Å². The molecule has 2 N–H and O–H groups in total. The SMILES string of the molecule is CCCCC(CC)COc1cccc(OCC)c1N. The van der Waals surface area contributed by atoms with E-state index in [4.69, 9.17) is 15.2 Å². The monoisotopic (exact) mass is 265 g/mol. The van der Waals surface area contributed by atoms with Crippen molar-refractivity contribution >= 4 is 5.69 Å². The van der Waals surface area contributed by atoms with E-state index < -0.39 is 0 Å². The van der Waals surface area contributed by atoms with E-state index in [0.29, 0.717) is 24.0 Å². The van der Waals surface area contributed by atoms with Crippen molar-refractivity contribution in [3.05, 3.63) is 18.2 Å². The van der Waals surface area contributed by atoms with Gasteiger partial charge in [-0.3, -0.25) is 0 Å². The second-order valence-corrected chi connectivity index (χ2v) is 4.83. The van der Waals surface area contributed by atoms with Crippen LogP contribution in [0.25, 0.3) is 0 Å². The number of nitrogen functional groups attached to an aromatic ring is 1. The fourth-order valence-electron chi connectivity index (χ4n) is 2.04. The number of benzene rings is 1. The van der Waals surface area contributed by atoms with E-state index in [1.807, 2.05) is 25.1 Å². The number of unbranched alkanes of at least 4 members (excludes halogenated alkanes) is 1. The van der Waals surface area contributed by atoms with Crippen molar-refractivity contribution in [1.82, 2.24) is 0 Å². The summed E-state index contributed by atoms with van der Waals surface area (Å²) in [5, 5.41) is 0. The molecular weight excluding hydrogens is 238 g/mol. The van der Waals surface area contributed by atoms with Crippen LogP contribution in [0.2, 0.25) is 0 Å². The molecule has 0 spiro atoms. The van der Waals surface area contributed by atoms with Crippen molar-refractivity contribution in [1.29, 1.82) is 0 Å². The average molecular weight is 265 g/mol. The van der Waals surface area contributed by atoms with Crippen LogP contribution < -0.4 is 15.2 Å². The largest absolute Gasteiger partial charge is 0.492 e. The third-order valence-electron chi connectivity index (χ3n) is 3.34. The number of para-hydroxylation sites is 1. The van der Waals surface area contributed by atoms with Crippen molar-refractivity contribution in [3.63, 3.8) is 0 Å². The van der Waals surface area contributed by atoms with Gasteiger partial charge in [0.1, 0.15) is 17.2 Å². The van der Waals surface area contributed by atoms with Gasteiger partial charge >= 0.3 is 0 Å². The van der Waals surface area contributed by atoms with Gasteiger partial charge < -0.3 is 15.2 Å². The molecule has 1 aromatic carbocycles. The Morgan fingerprint density at radius 3 is 2.37 bits per heavy atom. The van der Waals surface area contributed by atoms with Gasteiger partial charge in [-0.15, -0.1) is 0 Å². The zero-order valence-electron chi connectivity index (χ0n) is 12.4. The molecule has 1 atom stereocenters. The van der Waals surface area contributed by atoms with E-state index in [1.54, 1.807) is 0 Å². The maximum atomic E-state index is 6.05. The van der Waals surface area contributed by atoms with Crippen LogP contribution in [-0.2, 0) is 0 Å². The molecule has 3 nitrogen and oxygen atoms in total. The Hall–Kier alpha value is -1.38. The van der Waals surface area contributed by atoms with Crippen LogP contribution in [0, 0.1) is 5.92 Å². The molecule has 1 rings (SSSR count). The van der Waals surface area contributed by atoms with Crippen LogP contribution in [0.3, 0.4) is 0 Å². The minimum atomic E-state index is 0.606. The predicted molar refractivity (Wildman–Crippen MR) is 80.8 cm³/mol. The van der Waals surface area contributed by atoms with Crippen molar-refractivity contribution in [3.8, 4) is 11.5 Å². The number of anilines is 1. The van der Waals surface area contributed by atoms with Gasteiger partial charge in [-0.25, -0.2) is 0 Å². The van der Waals surface area contributed by atoms with Gasteiger partial charge in [0.15, 0.2) is 0 Å². The smallest absolute Gasteiger partial charge is 0.146 e. The molecule has 3 heteroatoms. The first-order valence-corrected chi connectivity index (χ1v) is 7.36. The minimum absolute atomic E-state index is 0.606. The van der Waals surface area contributed by atoms with Gasteiger partial charge in [0, 0.05) is 0 Å². The third kappa shape index (κ3) is 5.01. The summed E-state index contributed by atoms with van der Waals surface area (Å²) in [6.07, 6.45) is 4.86. The van der Waals surface area contributed by atoms with Crippen molar-refractivity contribution < 1.29 is 9.47 Å². The predicted octanol–water partition coefficient (Wildman–Crippen LogP) is 4.26. The zero-order chi connectivity index (χ0) is 14.1. The molecule has 0 radical (unpaired) electrons. The van der Waals surface area contributed by atoms with E-state index in [0.717, 1.165) is 18.8 Å². The standard InChI is InChI=1S/C16H27NO2/c1-4-7-9-13(5-2)12-19-15-11-8-10-14(16(15)17)18-6-3/h8,10-11,13H,4-7,9,12,17H2,1-3H3. The number of hydrogen-bond acceptors (Lipinski definition) is 3. The lowest BCUT2D eigenvalue weighted by Crippen LogP contribution is -2.12. The van der Waals surface area contributed by atoms with Gasteiger partial charge in [-0.2, -0.15) is 0 Å². The molecular formula is C16H27NO2. The molecule has 1 unspecified atom stereocenters. The lowest BCUT2D eigenvalue weighted by atomic mass is 10.0. The van der Waals surface area contributed by atoms with Gasteiger partial charge in [0.25, 0.3) is 0 Å². The zero-order valence-corrected chi connectivity index (χ0v) is 12.4. The van der Waals surface area contributed by atoms with Gasteiger partial charge in [-0.05, 0) is 31.4 Å². The summed E-state index contributed by atoms with van der Waals surface area (Å²) < 4.78 is 11.3. The molecule has 0 aromatic heterocycles. The van der Waals surface area contributed by atoms with E-state index in [-0.39, 0.29) is 0 Å². The fourth-order valence-corrected chi connectivity index (χ4v) is 2.04. The normalized spacial score (nSPS) is 12.2. The quantitative estimate of drug-likeness (QED) is 0.678. The lowest BCUT2D eigenvalue weighted by molar-refractivity contribution is 0.233. The highest BCUT2D eigenvalue weighted by molar-refractivity contribution is 5.62. The van der Waals surface area contributed by atoms with Gasteiger partial charge in [-0.1, -0.05) is 39.2 Å². The van der Waals surface area contributed by atoms with Crippen LogP contribution in [0.4, 0.5) is 5.69 Å². The number of ether oxygens (including phenoxy) is 2. The fraction of sp³-hybridized carbons (Fsp3) is 0.625. The summed E-state index contributed by atoms with van der Waals surface area (Å²) >= 11 is 0. The molecule has 0 amide bonds. The lowest BCUT2D eigenvalue weighted by Gasteiger charge is -2.17. The highest BCUT2D eigenvalue weighted by atomic mass is 16.5.